The molecule has 6 heteroatoms. The van der Waals surface area contributed by atoms with Crippen LogP contribution in [0.15, 0.2) is 71.1 Å². The van der Waals surface area contributed by atoms with Crippen LogP contribution in [-0.2, 0) is 24.4 Å². The second kappa shape index (κ2) is 9.58. The summed E-state index contributed by atoms with van der Waals surface area (Å²) >= 11 is 6.37. The van der Waals surface area contributed by atoms with Crippen molar-refractivity contribution in [1.82, 2.24) is 0 Å². The Morgan fingerprint density at radius 1 is 0.903 bits per heavy atom. The van der Waals surface area contributed by atoms with Crippen LogP contribution in [0.1, 0.15) is 16.9 Å². The molecule has 0 atom stereocenters. The highest BCUT2D eigenvalue weighted by Gasteiger charge is 2.17. The predicted molar refractivity (Wildman–Crippen MR) is 119 cm³/mol. The molecule has 0 fully saturated rings. The molecule has 1 heterocycles. The van der Waals surface area contributed by atoms with Crippen LogP contribution < -0.4 is 14.2 Å². The summed E-state index contributed by atoms with van der Waals surface area (Å²) in [6, 6.07) is 21.2. The van der Waals surface area contributed by atoms with Crippen molar-refractivity contribution in [2.24, 2.45) is 0 Å². The first-order chi connectivity index (χ1) is 15.2. The number of carbonyl (C=O) groups is 1. The zero-order valence-corrected chi connectivity index (χ0v) is 17.7. The van der Waals surface area contributed by atoms with Crippen LogP contribution in [0.25, 0.3) is 11.0 Å². The van der Waals surface area contributed by atoms with E-state index in [-0.39, 0.29) is 6.42 Å². The first-order valence-electron chi connectivity index (χ1n) is 9.79. The van der Waals surface area contributed by atoms with Crippen molar-refractivity contribution in [3.8, 4) is 17.2 Å². The zero-order chi connectivity index (χ0) is 21.6. The number of ether oxygens (including phenoxy) is 3. The molecule has 5 nitrogen and oxygen atoms in total. The lowest BCUT2D eigenvalue weighted by Crippen LogP contribution is -1.99. The molecule has 0 N–H and O–H groups in total. The van der Waals surface area contributed by atoms with Gasteiger partial charge in [0.25, 0.3) is 0 Å². The molecule has 0 spiro atoms. The number of halogens is 1. The van der Waals surface area contributed by atoms with E-state index in [1.54, 1.807) is 12.1 Å². The lowest BCUT2D eigenvalue weighted by molar-refractivity contribution is -0.107. The van der Waals surface area contributed by atoms with Crippen LogP contribution in [-0.4, -0.2) is 13.4 Å². The van der Waals surface area contributed by atoms with Crippen molar-refractivity contribution in [2.75, 3.05) is 7.11 Å². The molecule has 0 bridgehead atoms. The SMILES string of the molecule is COc1cc(OCc2cccc(OCc3ccccc3)c2)c2cc(CC=O)oc2c1Cl. The molecule has 4 rings (SSSR count). The summed E-state index contributed by atoms with van der Waals surface area (Å²) in [5.41, 5.74) is 2.49. The fourth-order valence-corrected chi connectivity index (χ4v) is 3.51. The van der Waals surface area contributed by atoms with Gasteiger partial charge in [-0.3, -0.25) is 0 Å². The van der Waals surface area contributed by atoms with E-state index in [1.165, 1.54) is 7.11 Å². The van der Waals surface area contributed by atoms with Gasteiger partial charge in [0.1, 0.15) is 47.5 Å². The van der Waals surface area contributed by atoms with Gasteiger partial charge in [-0.1, -0.05) is 54.1 Å². The number of benzene rings is 3. The van der Waals surface area contributed by atoms with E-state index in [2.05, 4.69) is 0 Å². The molecule has 0 aliphatic rings. The highest BCUT2D eigenvalue weighted by atomic mass is 35.5. The average molecular weight is 437 g/mol. The third-order valence-electron chi connectivity index (χ3n) is 4.77. The Morgan fingerprint density at radius 3 is 2.45 bits per heavy atom. The quantitative estimate of drug-likeness (QED) is 0.301. The van der Waals surface area contributed by atoms with Gasteiger partial charge < -0.3 is 23.4 Å². The maximum atomic E-state index is 10.9. The summed E-state index contributed by atoms with van der Waals surface area (Å²) in [5, 5.41) is 1.04. The number of hydrogen-bond donors (Lipinski definition) is 0. The molecule has 0 amide bonds. The van der Waals surface area contributed by atoms with E-state index in [1.807, 2.05) is 54.6 Å². The third kappa shape index (κ3) is 4.84. The van der Waals surface area contributed by atoms with Gasteiger partial charge in [0.15, 0.2) is 5.58 Å². The number of carbonyl (C=O) groups excluding carboxylic acids is 1. The van der Waals surface area contributed by atoms with Crippen molar-refractivity contribution in [3.05, 3.63) is 88.6 Å². The van der Waals surface area contributed by atoms with Gasteiger partial charge in [0.2, 0.25) is 0 Å². The van der Waals surface area contributed by atoms with Crippen LogP contribution in [0.5, 0.6) is 17.2 Å². The molecule has 0 unspecified atom stereocenters. The molecule has 3 aromatic carbocycles. The fraction of sp³-hybridized carbons (Fsp3) is 0.160. The largest absolute Gasteiger partial charge is 0.495 e. The lowest BCUT2D eigenvalue weighted by Gasteiger charge is -2.12. The summed E-state index contributed by atoms with van der Waals surface area (Å²) in [6.45, 7) is 0.811. The number of fused-ring (bicyclic) bond motifs is 1. The molecule has 31 heavy (non-hydrogen) atoms. The number of hydrogen-bond acceptors (Lipinski definition) is 5. The van der Waals surface area contributed by atoms with E-state index in [0.29, 0.717) is 46.5 Å². The molecule has 0 radical (unpaired) electrons. The van der Waals surface area contributed by atoms with Gasteiger partial charge in [-0.15, -0.1) is 0 Å². The topological polar surface area (TPSA) is 57.9 Å². The summed E-state index contributed by atoms with van der Waals surface area (Å²) in [5.74, 6) is 2.28. The van der Waals surface area contributed by atoms with Crippen LogP contribution in [0.2, 0.25) is 5.02 Å². The van der Waals surface area contributed by atoms with Crippen molar-refractivity contribution >= 4 is 28.9 Å². The third-order valence-corrected chi connectivity index (χ3v) is 5.13. The number of rotatable bonds is 9. The van der Waals surface area contributed by atoms with Gasteiger partial charge >= 0.3 is 0 Å². The standard InChI is InChI=1S/C25H21ClO5/c1-28-23-14-22(21-13-20(10-11-27)31-25(21)24(23)26)30-16-18-8-5-9-19(12-18)29-15-17-6-3-2-4-7-17/h2-9,11-14H,10,15-16H2,1H3. The Balaban J connectivity index is 1.52. The zero-order valence-electron chi connectivity index (χ0n) is 17.0. The molecule has 158 valence electrons. The molecule has 4 aromatic rings. The summed E-state index contributed by atoms with van der Waals surface area (Å²) in [6.07, 6.45) is 0.942. The van der Waals surface area contributed by atoms with Crippen molar-refractivity contribution in [2.45, 2.75) is 19.6 Å². The van der Waals surface area contributed by atoms with Crippen molar-refractivity contribution in [3.63, 3.8) is 0 Å². The normalized spacial score (nSPS) is 10.8. The van der Waals surface area contributed by atoms with Gasteiger partial charge in [0.05, 0.1) is 18.9 Å². The number of aldehydes is 1. The Bertz CT molecular complexity index is 1180. The van der Waals surface area contributed by atoms with Gasteiger partial charge in [-0.25, -0.2) is 0 Å². The Hall–Kier alpha value is -3.44. The molecular formula is C25H21ClO5. The molecule has 0 aliphatic carbocycles. The first-order valence-corrected chi connectivity index (χ1v) is 10.2. The molecule has 1 aromatic heterocycles. The van der Waals surface area contributed by atoms with E-state index < -0.39 is 0 Å². The Labute approximate surface area is 185 Å². The fourth-order valence-electron chi connectivity index (χ4n) is 3.24. The van der Waals surface area contributed by atoms with Crippen LogP contribution in [0, 0.1) is 0 Å². The van der Waals surface area contributed by atoms with E-state index in [4.69, 9.17) is 30.2 Å². The predicted octanol–water partition coefficient (Wildman–Crippen LogP) is 5.99. The molecule has 0 saturated carbocycles. The maximum Gasteiger partial charge on any atom is 0.160 e. The minimum Gasteiger partial charge on any atom is -0.495 e. The summed E-state index contributed by atoms with van der Waals surface area (Å²) in [4.78, 5) is 10.9. The number of methoxy groups -OCH3 is 1. The van der Waals surface area contributed by atoms with Gasteiger partial charge in [0, 0.05) is 6.07 Å². The van der Waals surface area contributed by atoms with Crippen LogP contribution in [0.4, 0.5) is 0 Å². The van der Waals surface area contributed by atoms with E-state index in [0.717, 1.165) is 23.2 Å². The summed E-state index contributed by atoms with van der Waals surface area (Å²) < 4.78 is 23.0. The van der Waals surface area contributed by atoms with Gasteiger partial charge in [-0.05, 0) is 29.3 Å². The highest BCUT2D eigenvalue weighted by molar-refractivity contribution is 6.36. The highest BCUT2D eigenvalue weighted by Crippen LogP contribution is 2.41. The maximum absolute atomic E-state index is 10.9. The minimum absolute atomic E-state index is 0.160. The summed E-state index contributed by atoms with van der Waals surface area (Å²) in [7, 11) is 1.53. The Kier molecular flexibility index (Phi) is 6.43. The van der Waals surface area contributed by atoms with Crippen LogP contribution in [0.3, 0.4) is 0 Å². The molecule has 0 saturated heterocycles. The lowest BCUT2D eigenvalue weighted by atomic mass is 10.2. The second-order valence-corrected chi connectivity index (χ2v) is 7.31. The minimum atomic E-state index is 0.160. The molecular weight excluding hydrogens is 416 g/mol. The van der Waals surface area contributed by atoms with Crippen molar-refractivity contribution < 1.29 is 23.4 Å². The first kappa shape index (κ1) is 20.8. The van der Waals surface area contributed by atoms with Crippen molar-refractivity contribution in [1.29, 1.82) is 0 Å². The average Bonchev–Trinajstić information content (AvgIpc) is 3.23. The van der Waals surface area contributed by atoms with Crippen LogP contribution >= 0.6 is 11.6 Å². The van der Waals surface area contributed by atoms with Gasteiger partial charge in [-0.2, -0.15) is 0 Å². The monoisotopic (exact) mass is 436 g/mol. The smallest absolute Gasteiger partial charge is 0.160 e. The van der Waals surface area contributed by atoms with E-state index in [9.17, 15) is 4.79 Å². The second-order valence-electron chi connectivity index (χ2n) is 6.93. The Morgan fingerprint density at radius 2 is 1.68 bits per heavy atom. The number of furan rings is 1. The van der Waals surface area contributed by atoms with E-state index >= 15 is 0 Å². The molecule has 0 aliphatic heterocycles.